The number of fused-ring (bicyclic) bond motifs is 1. The van der Waals surface area contributed by atoms with Gasteiger partial charge in [0.1, 0.15) is 0 Å². The summed E-state index contributed by atoms with van der Waals surface area (Å²) in [6.07, 6.45) is 1.14. The summed E-state index contributed by atoms with van der Waals surface area (Å²) in [5, 5.41) is 3.58. The molecule has 0 bridgehead atoms. The van der Waals surface area contributed by atoms with Gasteiger partial charge >= 0.3 is 0 Å². The lowest BCUT2D eigenvalue weighted by atomic mass is 9.86. The Labute approximate surface area is 92.9 Å². The van der Waals surface area contributed by atoms with Gasteiger partial charge in [0.15, 0.2) is 0 Å². The summed E-state index contributed by atoms with van der Waals surface area (Å²) in [6, 6.07) is 6.96. The van der Waals surface area contributed by atoms with E-state index in [0.717, 1.165) is 13.0 Å². The molecule has 1 aromatic carbocycles. The third-order valence-electron chi connectivity index (χ3n) is 3.29. The van der Waals surface area contributed by atoms with E-state index in [1.54, 1.807) is 0 Å². The molecule has 15 heavy (non-hydrogen) atoms. The smallest absolute Gasteiger partial charge is 0.0213 e. The standard InChI is InChI=1S/C14H21N/c1-10(2)11-5-6-12-8-14(3,4)15-9-13(12)7-11/h5-7,10,15H,8-9H2,1-4H3. The van der Waals surface area contributed by atoms with Crippen molar-refractivity contribution < 1.29 is 0 Å². The van der Waals surface area contributed by atoms with Crippen LogP contribution in [0.4, 0.5) is 0 Å². The van der Waals surface area contributed by atoms with Crippen molar-refractivity contribution in [3.63, 3.8) is 0 Å². The van der Waals surface area contributed by atoms with E-state index in [1.165, 1.54) is 16.7 Å². The molecule has 0 spiro atoms. The molecule has 1 heterocycles. The Balaban J connectivity index is 2.32. The molecule has 0 saturated carbocycles. The Hall–Kier alpha value is -0.820. The summed E-state index contributed by atoms with van der Waals surface area (Å²) >= 11 is 0. The molecule has 0 amide bonds. The summed E-state index contributed by atoms with van der Waals surface area (Å²) < 4.78 is 0. The zero-order valence-electron chi connectivity index (χ0n) is 10.2. The van der Waals surface area contributed by atoms with Crippen molar-refractivity contribution in [3.05, 3.63) is 34.9 Å². The number of nitrogens with one attached hydrogen (secondary N) is 1. The number of hydrogen-bond acceptors (Lipinski definition) is 1. The van der Waals surface area contributed by atoms with E-state index in [4.69, 9.17) is 0 Å². The van der Waals surface area contributed by atoms with Crippen LogP contribution in [0.25, 0.3) is 0 Å². The highest BCUT2D eigenvalue weighted by molar-refractivity contribution is 5.36. The molecule has 1 heteroatoms. The summed E-state index contributed by atoms with van der Waals surface area (Å²) in [6.45, 7) is 10.1. The monoisotopic (exact) mass is 203 g/mol. The summed E-state index contributed by atoms with van der Waals surface area (Å²) in [5.41, 5.74) is 4.71. The molecule has 1 aromatic rings. The SMILES string of the molecule is CC(C)c1ccc2c(c1)CNC(C)(C)C2. The third kappa shape index (κ3) is 2.23. The van der Waals surface area contributed by atoms with Crippen molar-refractivity contribution in [2.45, 2.75) is 52.1 Å². The van der Waals surface area contributed by atoms with Gasteiger partial charge in [-0.25, -0.2) is 0 Å². The minimum Gasteiger partial charge on any atom is -0.307 e. The summed E-state index contributed by atoms with van der Waals surface area (Å²) in [4.78, 5) is 0. The van der Waals surface area contributed by atoms with E-state index in [1.807, 2.05) is 0 Å². The highest BCUT2D eigenvalue weighted by atomic mass is 15.0. The third-order valence-corrected chi connectivity index (χ3v) is 3.29. The maximum absolute atomic E-state index is 3.58. The fourth-order valence-corrected chi connectivity index (χ4v) is 2.22. The Bertz CT molecular complexity index is 364. The predicted octanol–water partition coefficient (Wildman–Crippen LogP) is 3.23. The molecule has 0 fully saturated rings. The maximum atomic E-state index is 3.58. The van der Waals surface area contributed by atoms with Crippen molar-refractivity contribution >= 4 is 0 Å². The fourth-order valence-electron chi connectivity index (χ4n) is 2.22. The van der Waals surface area contributed by atoms with Gasteiger partial charge in [-0.05, 0) is 42.9 Å². The molecule has 0 aromatic heterocycles. The van der Waals surface area contributed by atoms with Gasteiger partial charge in [-0.15, -0.1) is 0 Å². The zero-order valence-corrected chi connectivity index (χ0v) is 10.2. The van der Waals surface area contributed by atoms with Crippen LogP contribution in [0.1, 0.15) is 50.3 Å². The van der Waals surface area contributed by atoms with Crippen LogP contribution in [0.5, 0.6) is 0 Å². The van der Waals surface area contributed by atoms with E-state index in [9.17, 15) is 0 Å². The molecule has 0 saturated heterocycles. The summed E-state index contributed by atoms with van der Waals surface area (Å²) in [7, 11) is 0. The molecule has 1 aliphatic heterocycles. The Kier molecular flexibility index (Phi) is 2.59. The molecular weight excluding hydrogens is 182 g/mol. The normalized spacial score (nSPS) is 19.0. The van der Waals surface area contributed by atoms with Gasteiger partial charge in [0.25, 0.3) is 0 Å². The number of benzene rings is 1. The molecule has 1 N–H and O–H groups in total. The van der Waals surface area contributed by atoms with E-state index < -0.39 is 0 Å². The Morgan fingerprint density at radius 3 is 2.60 bits per heavy atom. The first-order valence-corrected chi connectivity index (χ1v) is 5.85. The molecule has 0 radical (unpaired) electrons. The van der Waals surface area contributed by atoms with Crippen LogP contribution in [-0.4, -0.2) is 5.54 Å². The molecular formula is C14H21N. The highest BCUT2D eigenvalue weighted by Crippen LogP contribution is 2.26. The van der Waals surface area contributed by atoms with Crippen molar-refractivity contribution in [2.75, 3.05) is 0 Å². The minimum atomic E-state index is 0.256. The van der Waals surface area contributed by atoms with Gasteiger partial charge in [-0.3, -0.25) is 0 Å². The molecule has 0 aliphatic carbocycles. The Morgan fingerprint density at radius 2 is 1.93 bits per heavy atom. The van der Waals surface area contributed by atoms with Crippen molar-refractivity contribution in [1.82, 2.24) is 5.32 Å². The molecule has 2 rings (SSSR count). The van der Waals surface area contributed by atoms with Crippen LogP contribution in [-0.2, 0) is 13.0 Å². The maximum Gasteiger partial charge on any atom is 0.0213 e. The zero-order chi connectivity index (χ0) is 11.1. The topological polar surface area (TPSA) is 12.0 Å². The molecule has 1 nitrogen and oxygen atoms in total. The van der Waals surface area contributed by atoms with Crippen molar-refractivity contribution in [1.29, 1.82) is 0 Å². The second-order valence-corrected chi connectivity index (χ2v) is 5.60. The van der Waals surface area contributed by atoms with E-state index in [-0.39, 0.29) is 5.54 Å². The van der Waals surface area contributed by atoms with Crippen LogP contribution >= 0.6 is 0 Å². The molecule has 1 aliphatic rings. The van der Waals surface area contributed by atoms with E-state index in [0.29, 0.717) is 5.92 Å². The van der Waals surface area contributed by atoms with Crippen molar-refractivity contribution in [2.24, 2.45) is 0 Å². The van der Waals surface area contributed by atoms with Gasteiger partial charge in [0, 0.05) is 12.1 Å². The molecule has 0 unspecified atom stereocenters. The summed E-state index contributed by atoms with van der Waals surface area (Å²) in [5.74, 6) is 0.630. The van der Waals surface area contributed by atoms with E-state index >= 15 is 0 Å². The van der Waals surface area contributed by atoms with Crippen LogP contribution in [0.3, 0.4) is 0 Å². The van der Waals surface area contributed by atoms with Crippen LogP contribution in [0.2, 0.25) is 0 Å². The van der Waals surface area contributed by atoms with Gasteiger partial charge < -0.3 is 5.32 Å². The van der Waals surface area contributed by atoms with Gasteiger partial charge in [-0.2, -0.15) is 0 Å². The molecule has 82 valence electrons. The van der Waals surface area contributed by atoms with E-state index in [2.05, 4.69) is 51.2 Å². The van der Waals surface area contributed by atoms with Crippen LogP contribution in [0, 0.1) is 0 Å². The number of hydrogen-bond donors (Lipinski definition) is 1. The van der Waals surface area contributed by atoms with Gasteiger partial charge in [0.05, 0.1) is 0 Å². The predicted molar refractivity (Wildman–Crippen MR) is 65.2 cm³/mol. The largest absolute Gasteiger partial charge is 0.307 e. The first-order valence-electron chi connectivity index (χ1n) is 5.85. The average molecular weight is 203 g/mol. The van der Waals surface area contributed by atoms with Crippen LogP contribution < -0.4 is 5.32 Å². The van der Waals surface area contributed by atoms with Crippen LogP contribution in [0.15, 0.2) is 18.2 Å². The quantitative estimate of drug-likeness (QED) is 0.739. The minimum absolute atomic E-state index is 0.256. The first-order chi connectivity index (χ1) is 6.98. The lowest BCUT2D eigenvalue weighted by Crippen LogP contribution is -2.44. The average Bonchev–Trinajstić information content (AvgIpc) is 2.15. The highest BCUT2D eigenvalue weighted by Gasteiger charge is 2.24. The lowest BCUT2D eigenvalue weighted by molar-refractivity contribution is 0.362. The van der Waals surface area contributed by atoms with Gasteiger partial charge in [-0.1, -0.05) is 32.0 Å². The lowest BCUT2D eigenvalue weighted by Gasteiger charge is -2.33. The fraction of sp³-hybridized carbons (Fsp3) is 0.571. The second-order valence-electron chi connectivity index (χ2n) is 5.60. The first kappa shape index (κ1) is 10.7. The molecule has 0 atom stereocenters. The van der Waals surface area contributed by atoms with Gasteiger partial charge in [0.2, 0.25) is 0 Å². The number of rotatable bonds is 1. The van der Waals surface area contributed by atoms with Crippen molar-refractivity contribution in [3.8, 4) is 0 Å². The Morgan fingerprint density at radius 1 is 1.20 bits per heavy atom. The second kappa shape index (κ2) is 3.64.